The maximum absolute atomic E-state index is 10.4. The minimum Gasteiger partial charge on any atom is -0.393 e. The zero-order valence-electron chi connectivity index (χ0n) is 12.7. The topological polar surface area (TPSA) is 29.5 Å². The molecule has 2 unspecified atom stereocenters. The van der Waals surface area contributed by atoms with Crippen LogP contribution in [0.15, 0.2) is 0 Å². The van der Waals surface area contributed by atoms with E-state index in [-0.39, 0.29) is 11.7 Å². The Morgan fingerprint density at radius 3 is 2.68 bits per heavy atom. The maximum atomic E-state index is 10.4. The van der Waals surface area contributed by atoms with E-state index in [4.69, 9.17) is 4.74 Å². The molecule has 1 heterocycles. The quantitative estimate of drug-likeness (QED) is 0.721. The number of hydrogen-bond acceptors (Lipinski definition) is 2. The van der Waals surface area contributed by atoms with Crippen molar-refractivity contribution in [2.75, 3.05) is 6.61 Å². The number of aliphatic hydroxyl groups is 1. The number of unbranched alkanes of at least 4 members (excludes halogenated alkanes) is 3. The molecule has 1 N–H and O–H groups in total. The first-order chi connectivity index (χ1) is 9.26. The van der Waals surface area contributed by atoms with Crippen LogP contribution in [0, 0.1) is 5.92 Å². The number of hydrogen-bond donors (Lipinski definition) is 1. The Kier molecular flexibility index (Phi) is 6.15. The van der Waals surface area contributed by atoms with Gasteiger partial charge in [0.1, 0.15) is 0 Å². The molecule has 0 aromatic heterocycles. The molecule has 0 radical (unpaired) electrons. The molecule has 2 atom stereocenters. The SMILES string of the molecule is CCCCCCC(O)C1CCOC2(CCCCC2)C1. The van der Waals surface area contributed by atoms with Crippen LogP contribution in [0.1, 0.15) is 84.0 Å². The lowest BCUT2D eigenvalue weighted by molar-refractivity contribution is -0.134. The highest BCUT2D eigenvalue weighted by Gasteiger charge is 2.40. The summed E-state index contributed by atoms with van der Waals surface area (Å²) in [5, 5.41) is 10.4. The minimum atomic E-state index is -0.0837. The highest BCUT2D eigenvalue weighted by atomic mass is 16.5. The summed E-state index contributed by atoms with van der Waals surface area (Å²) in [6.45, 7) is 3.11. The van der Waals surface area contributed by atoms with Crippen molar-refractivity contribution in [3.63, 3.8) is 0 Å². The van der Waals surface area contributed by atoms with E-state index in [2.05, 4.69) is 6.92 Å². The molecule has 2 rings (SSSR count). The molecule has 1 aliphatic carbocycles. The molecule has 0 amide bonds. The van der Waals surface area contributed by atoms with Crippen LogP contribution in [0.2, 0.25) is 0 Å². The van der Waals surface area contributed by atoms with Gasteiger partial charge in [0.05, 0.1) is 11.7 Å². The third kappa shape index (κ3) is 4.46. The lowest BCUT2D eigenvalue weighted by Crippen LogP contribution is -2.44. The molecule has 0 aromatic carbocycles. The normalized spacial score (nSPS) is 28.4. The molecule has 2 nitrogen and oxygen atoms in total. The predicted octanol–water partition coefficient (Wildman–Crippen LogP) is 4.45. The van der Waals surface area contributed by atoms with Gasteiger partial charge >= 0.3 is 0 Å². The highest BCUT2D eigenvalue weighted by Crippen LogP contribution is 2.42. The van der Waals surface area contributed by atoms with E-state index >= 15 is 0 Å². The fourth-order valence-corrected chi connectivity index (χ4v) is 3.95. The second-order valence-electron chi connectivity index (χ2n) is 6.76. The molecule has 19 heavy (non-hydrogen) atoms. The maximum Gasteiger partial charge on any atom is 0.0686 e. The van der Waals surface area contributed by atoms with Crippen LogP contribution in [-0.2, 0) is 4.74 Å². The average Bonchev–Trinajstić information content (AvgIpc) is 2.44. The second kappa shape index (κ2) is 7.64. The van der Waals surface area contributed by atoms with Crippen molar-refractivity contribution in [2.24, 2.45) is 5.92 Å². The molecular formula is C17H32O2. The zero-order valence-corrected chi connectivity index (χ0v) is 12.7. The van der Waals surface area contributed by atoms with Gasteiger partial charge in [-0.05, 0) is 38.0 Å². The van der Waals surface area contributed by atoms with Gasteiger partial charge in [-0.25, -0.2) is 0 Å². The fraction of sp³-hybridized carbons (Fsp3) is 1.00. The number of aliphatic hydroxyl groups excluding tert-OH is 1. The molecule has 2 fully saturated rings. The van der Waals surface area contributed by atoms with Crippen molar-refractivity contribution in [1.82, 2.24) is 0 Å². The number of rotatable bonds is 6. The number of ether oxygens (including phenoxy) is 1. The molecule has 2 heteroatoms. The van der Waals surface area contributed by atoms with E-state index in [0.29, 0.717) is 5.92 Å². The summed E-state index contributed by atoms with van der Waals surface area (Å²) in [6.07, 6.45) is 14.6. The van der Waals surface area contributed by atoms with Gasteiger partial charge in [0.25, 0.3) is 0 Å². The third-order valence-electron chi connectivity index (χ3n) is 5.19. The van der Waals surface area contributed by atoms with E-state index in [0.717, 1.165) is 25.9 Å². The first-order valence-corrected chi connectivity index (χ1v) is 8.58. The molecule has 112 valence electrons. The van der Waals surface area contributed by atoms with Gasteiger partial charge in [0, 0.05) is 6.61 Å². The summed E-state index contributed by atoms with van der Waals surface area (Å²) in [5.41, 5.74) is 0.144. The smallest absolute Gasteiger partial charge is 0.0686 e. The Bertz CT molecular complexity index is 240. The van der Waals surface area contributed by atoms with Crippen molar-refractivity contribution < 1.29 is 9.84 Å². The van der Waals surface area contributed by atoms with Gasteiger partial charge < -0.3 is 9.84 Å². The van der Waals surface area contributed by atoms with Crippen molar-refractivity contribution in [3.05, 3.63) is 0 Å². The van der Waals surface area contributed by atoms with Crippen LogP contribution < -0.4 is 0 Å². The van der Waals surface area contributed by atoms with E-state index in [1.165, 1.54) is 57.8 Å². The molecular weight excluding hydrogens is 236 g/mol. The molecule has 1 saturated carbocycles. The first kappa shape index (κ1) is 15.3. The van der Waals surface area contributed by atoms with Crippen molar-refractivity contribution in [3.8, 4) is 0 Å². The summed E-state index contributed by atoms with van der Waals surface area (Å²) in [7, 11) is 0. The summed E-state index contributed by atoms with van der Waals surface area (Å²) < 4.78 is 6.12. The largest absolute Gasteiger partial charge is 0.393 e. The minimum absolute atomic E-state index is 0.0837. The van der Waals surface area contributed by atoms with E-state index in [9.17, 15) is 5.11 Å². The summed E-state index contributed by atoms with van der Waals surface area (Å²) in [4.78, 5) is 0. The summed E-state index contributed by atoms with van der Waals surface area (Å²) in [5.74, 6) is 0.494. The third-order valence-corrected chi connectivity index (χ3v) is 5.19. The van der Waals surface area contributed by atoms with E-state index < -0.39 is 0 Å². The van der Waals surface area contributed by atoms with Crippen LogP contribution in [0.4, 0.5) is 0 Å². The van der Waals surface area contributed by atoms with Crippen LogP contribution in [0.5, 0.6) is 0 Å². The molecule has 0 bridgehead atoms. The van der Waals surface area contributed by atoms with Crippen molar-refractivity contribution in [1.29, 1.82) is 0 Å². The monoisotopic (exact) mass is 268 g/mol. The van der Waals surface area contributed by atoms with E-state index in [1.807, 2.05) is 0 Å². The molecule has 2 aliphatic rings. The van der Waals surface area contributed by atoms with Crippen LogP contribution in [0.3, 0.4) is 0 Å². The molecule has 1 spiro atoms. The Morgan fingerprint density at radius 1 is 1.16 bits per heavy atom. The Hall–Kier alpha value is -0.0800. The van der Waals surface area contributed by atoms with Gasteiger partial charge in [-0.15, -0.1) is 0 Å². The van der Waals surface area contributed by atoms with Crippen molar-refractivity contribution in [2.45, 2.75) is 95.7 Å². The van der Waals surface area contributed by atoms with Crippen LogP contribution in [0.25, 0.3) is 0 Å². The van der Waals surface area contributed by atoms with Gasteiger partial charge in [0.15, 0.2) is 0 Å². The van der Waals surface area contributed by atoms with E-state index in [1.54, 1.807) is 0 Å². The zero-order chi connectivity index (χ0) is 13.6. The van der Waals surface area contributed by atoms with Crippen LogP contribution >= 0.6 is 0 Å². The molecule has 1 saturated heterocycles. The first-order valence-electron chi connectivity index (χ1n) is 8.58. The Morgan fingerprint density at radius 2 is 1.95 bits per heavy atom. The lowest BCUT2D eigenvalue weighted by atomic mass is 9.74. The van der Waals surface area contributed by atoms with Crippen molar-refractivity contribution >= 4 is 0 Å². The van der Waals surface area contributed by atoms with Gasteiger partial charge in [-0.2, -0.15) is 0 Å². The molecule has 1 aliphatic heterocycles. The second-order valence-corrected chi connectivity index (χ2v) is 6.76. The highest BCUT2D eigenvalue weighted by molar-refractivity contribution is 4.91. The standard InChI is InChI=1S/C17H32O2/c1-2-3-4-6-9-16(18)15-10-13-19-17(14-15)11-7-5-8-12-17/h15-16,18H,2-14H2,1H3. The Balaban J connectivity index is 1.76. The lowest BCUT2D eigenvalue weighted by Gasteiger charge is -2.44. The van der Waals surface area contributed by atoms with Gasteiger partial charge in [-0.1, -0.05) is 51.9 Å². The summed E-state index contributed by atoms with van der Waals surface area (Å²) >= 11 is 0. The van der Waals surface area contributed by atoms with Gasteiger partial charge in [0.2, 0.25) is 0 Å². The predicted molar refractivity (Wildman–Crippen MR) is 79.3 cm³/mol. The van der Waals surface area contributed by atoms with Gasteiger partial charge in [-0.3, -0.25) is 0 Å². The average molecular weight is 268 g/mol. The molecule has 0 aromatic rings. The Labute approximate surface area is 118 Å². The fourth-order valence-electron chi connectivity index (χ4n) is 3.95. The van der Waals surface area contributed by atoms with Crippen LogP contribution in [-0.4, -0.2) is 23.4 Å². The summed E-state index contributed by atoms with van der Waals surface area (Å²) in [6, 6.07) is 0.